The molecule has 2 amide bonds. The van der Waals surface area contributed by atoms with Crippen LogP contribution < -0.4 is 10.2 Å². The lowest BCUT2D eigenvalue weighted by molar-refractivity contribution is -0.122. The number of rotatable bonds is 8. The predicted molar refractivity (Wildman–Crippen MR) is 150 cm³/mol. The normalized spacial score (nSPS) is 15.8. The summed E-state index contributed by atoms with van der Waals surface area (Å²) in [6, 6.07) is 13.6. The van der Waals surface area contributed by atoms with Gasteiger partial charge in [0.2, 0.25) is 11.8 Å². The van der Waals surface area contributed by atoms with Crippen molar-refractivity contribution in [1.29, 1.82) is 0 Å². The Hall–Kier alpha value is -2.88. The van der Waals surface area contributed by atoms with Crippen LogP contribution in [0.5, 0.6) is 0 Å². The maximum Gasteiger partial charge on any atom is 0.240 e. The second-order valence-electron chi connectivity index (χ2n) is 10.1. The van der Waals surface area contributed by atoms with Gasteiger partial charge in [0.05, 0.1) is 27.4 Å². The third-order valence-corrected chi connectivity index (χ3v) is 7.76. The molecule has 10 heteroatoms. The number of nitrogens with one attached hydrogen (secondary N) is 1. The van der Waals surface area contributed by atoms with Gasteiger partial charge in [-0.2, -0.15) is 5.10 Å². The molecular weight excluding hydrogens is 527 g/mol. The number of amides is 2. The Balaban J connectivity index is 1.92. The molecule has 4 rings (SSSR count). The highest BCUT2D eigenvalue weighted by Crippen LogP contribution is 2.48. The van der Waals surface area contributed by atoms with Gasteiger partial charge in [-0.25, -0.2) is 9.07 Å². The van der Waals surface area contributed by atoms with E-state index in [9.17, 15) is 14.0 Å². The summed E-state index contributed by atoms with van der Waals surface area (Å²) in [7, 11) is 1.61. The van der Waals surface area contributed by atoms with Gasteiger partial charge in [-0.1, -0.05) is 56.6 Å². The average Bonchev–Trinajstić information content (AvgIpc) is 3.20. The van der Waals surface area contributed by atoms with Crippen LogP contribution in [0.3, 0.4) is 0 Å². The molecule has 0 fully saturated rings. The zero-order valence-electron chi connectivity index (χ0n) is 22.0. The molecule has 1 aliphatic heterocycles. The number of anilines is 1. The summed E-state index contributed by atoms with van der Waals surface area (Å²) >= 11 is 8.02. The van der Waals surface area contributed by atoms with Crippen molar-refractivity contribution in [3.05, 3.63) is 76.2 Å². The van der Waals surface area contributed by atoms with Crippen LogP contribution in [0.1, 0.15) is 49.3 Å². The summed E-state index contributed by atoms with van der Waals surface area (Å²) in [5, 5.41) is 7.93. The Morgan fingerprint density at radius 1 is 1.24 bits per heavy atom. The number of benzene rings is 2. The zero-order valence-corrected chi connectivity index (χ0v) is 23.5. The minimum absolute atomic E-state index is 0.110. The fourth-order valence-corrected chi connectivity index (χ4v) is 5.84. The lowest BCUT2D eigenvalue weighted by Crippen LogP contribution is -2.42. The number of thioether (sulfide) groups is 1. The van der Waals surface area contributed by atoms with Crippen LogP contribution >= 0.6 is 23.4 Å². The summed E-state index contributed by atoms with van der Waals surface area (Å²) < 4.78 is 21.1. The predicted octanol–water partition coefficient (Wildman–Crippen LogP) is 5.28. The van der Waals surface area contributed by atoms with E-state index >= 15 is 0 Å². The van der Waals surface area contributed by atoms with E-state index in [-0.39, 0.29) is 35.2 Å². The molecule has 38 heavy (non-hydrogen) atoms. The summed E-state index contributed by atoms with van der Waals surface area (Å²) in [6.45, 7) is 6.89. The van der Waals surface area contributed by atoms with Gasteiger partial charge < -0.3 is 10.1 Å². The number of para-hydroxylation sites is 1. The Labute approximate surface area is 231 Å². The number of carbonyl (C=O) groups excluding carboxylic acids is 2. The summed E-state index contributed by atoms with van der Waals surface area (Å²) in [4.78, 5) is 28.1. The molecule has 202 valence electrons. The molecular formula is C28H32ClFN4O3S. The van der Waals surface area contributed by atoms with E-state index in [1.165, 1.54) is 28.8 Å². The summed E-state index contributed by atoms with van der Waals surface area (Å²) in [5.74, 6) is -0.309. The van der Waals surface area contributed by atoms with Crippen molar-refractivity contribution in [1.82, 2.24) is 15.1 Å². The number of carbonyl (C=O) groups is 2. The van der Waals surface area contributed by atoms with Crippen LogP contribution in [0.2, 0.25) is 5.02 Å². The van der Waals surface area contributed by atoms with Crippen molar-refractivity contribution >= 4 is 41.0 Å². The Morgan fingerprint density at radius 2 is 2.00 bits per heavy atom. The quantitative estimate of drug-likeness (QED) is 0.380. The molecule has 0 bridgehead atoms. The molecule has 0 spiro atoms. The van der Waals surface area contributed by atoms with Crippen LogP contribution in [0, 0.1) is 5.82 Å². The molecule has 1 aliphatic rings. The van der Waals surface area contributed by atoms with E-state index in [0.717, 1.165) is 16.8 Å². The molecule has 1 atom stereocenters. The Bertz CT molecular complexity index is 1320. The first kappa shape index (κ1) is 28.1. The molecule has 0 saturated heterocycles. The van der Waals surface area contributed by atoms with Crippen molar-refractivity contribution in [3.63, 3.8) is 0 Å². The van der Waals surface area contributed by atoms with Gasteiger partial charge in [-0.05, 0) is 36.2 Å². The highest BCUT2D eigenvalue weighted by Gasteiger charge is 2.40. The number of hydrogen-bond donors (Lipinski definition) is 1. The van der Waals surface area contributed by atoms with E-state index in [4.69, 9.17) is 21.4 Å². The molecule has 0 unspecified atom stereocenters. The van der Waals surface area contributed by atoms with Gasteiger partial charge >= 0.3 is 0 Å². The third kappa shape index (κ3) is 6.06. The van der Waals surface area contributed by atoms with Crippen molar-refractivity contribution in [3.8, 4) is 5.69 Å². The van der Waals surface area contributed by atoms with Crippen LogP contribution in [0.25, 0.3) is 5.69 Å². The number of methoxy groups -OCH3 is 1. The molecule has 3 aromatic rings. The molecule has 1 aromatic heterocycles. The fourth-order valence-electron chi connectivity index (χ4n) is 4.44. The SMILES string of the molecule is COCCCNC(=O)CN1C(=O)CS[C@@H](c2cccc(F)c2)c2c(C(C)(C)C)nn(-c3ccccc3Cl)c21. The van der Waals surface area contributed by atoms with E-state index in [2.05, 4.69) is 5.32 Å². The minimum atomic E-state index is -0.426. The molecule has 2 heterocycles. The van der Waals surface area contributed by atoms with E-state index in [1.54, 1.807) is 23.9 Å². The van der Waals surface area contributed by atoms with Gasteiger partial charge in [0.25, 0.3) is 0 Å². The van der Waals surface area contributed by atoms with Gasteiger partial charge in [-0.3, -0.25) is 14.5 Å². The highest BCUT2D eigenvalue weighted by atomic mass is 35.5. The van der Waals surface area contributed by atoms with Crippen LogP contribution in [0.4, 0.5) is 10.2 Å². The molecule has 7 nitrogen and oxygen atoms in total. The lowest BCUT2D eigenvalue weighted by Gasteiger charge is -2.24. The monoisotopic (exact) mass is 558 g/mol. The standard InChI is InChI=1S/C28H32ClFN4O3S/c1-28(2,3)26-24-25(18-9-7-10-19(30)15-18)38-17-23(36)33(16-22(35)31-13-8-14-37-4)27(24)34(32-26)21-12-6-5-11-20(21)29/h5-7,9-12,15,25H,8,13-14,16-17H2,1-4H3,(H,31,35)/t25-/m0/s1. The Morgan fingerprint density at radius 3 is 2.68 bits per heavy atom. The summed E-state index contributed by atoms with van der Waals surface area (Å²) in [5.41, 5.74) is 2.40. The van der Waals surface area contributed by atoms with Gasteiger partial charge in [0.1, 0.15) is 18.2 Å². The van der Waals surface area contributed by atoms with E-state index in [1.807, 2.05) is 45.0 Å². The summed E-state index contributed by atoms with van der Waals surface area (Å²) in [6.07, 6.45) is 0.657. The average molecular weight is 559 g/mol. The maximum absolute atomic E-state index is 14.4. The largest absolute Gasteiger partial charge is 0.385 e. The van der Waals surface area contributed by atoms with Crippen molar-refractivity contribution < 1.29 is 18.7 Å². The van der Waals surface area contributed by atoms with Crippen molar-refractivity contribution in [2.45, 2.75) is 37.9 Å². The fraction of sp³-hybridized carbons (Fsp3) is 0.393. The number of hydrogen-bond acceptors (Lipinski definition) is 5. The molecule has 0 radical (unpaired) electrons. The van der Waals surface area contributed by atoms with Crippen LogP contribution in [0.15, 0.2) is 48.5 Å². The topological polar surface area (TPSA) is 76.5 Å². The molecule has 2 aromatic carbocycles. The first-order chi connectivity index (χ1) is 18.1. The Kier molecular flexibility index (Phi) is 8.80. The third-order valence-electron chi connectivity index (χ3n) is 6.18. The second-order valence-corrected chi connectivity index (χ2v) is 11.6. The number of aromatic nitrogens is 2. The van der Waals surface area contributed by atoms with Gasteiger partial charge in [-0.15, -0.1) is 11.8 Å². The number of fused-ring (bicyclic) bond motifs is 1. The van der Waals surface area contributed by atoms with Crippen LogP contribution in [-0.4, -0.2) is 54.2 Å². The minimum Gasteiger partial charge on any atom is -0.385 e. The van der Waals surface area contributed by atoms with Gasteiger partial charge in [0, 0.05) is 31.2 Å². The van der Waals surface area contributed by atoms with E-state index in [0.29, 0.717) is 36.1 Å². The molecule has 0 aliphatic carbocycles. The van der Waals surface area contributed by atoms with Gasteiger partial charge in [0.15, 0.2) is 0 Å². The smallest absolute Gasteiger partial charge is 0.240 e. The number of halogens is 2. The molecule has 0 saturated carbocycles. The highest BCUT2D eigenvalue weighted by molar-refractivity contribution is 8.00. The van der Waals surface area contributed by atoms with Crippen molar-refractivity contribution in [2.75, 3.05) is 37.5 Å². The van der Waals surface area contributed by atoms with Crippen molar-refractivity contribution in [2.24, 2.45) is 0 Å². The van der Waals surface area contributed by atoms with Crippen LogP contribution in [-0.2, 0) is 19.7 Å². The molecule has 1 N–H and O–H groups in total. The second kappa shape index (κ2) is 11.9. The first-order valence-electron chi connectivity index (χ1n) is 12.4. The van der Waals surface area contributed by atoms with E-state index < -0.39 is 5.41 Å². The zero-order chi connectivity index (χ0) is 27.4. The lowest BCUT2D eigenvalue weighted by atomic mass is 9.87. The maximum atomic E-state index is 14.4. The number of nitrogens with zero attached hydrogens (tertiary/aromatic N) is 3. The first-order valence-corrected chi connectivity index (χ1v) is 13.9. The number of ether oxygens (including phenoxy) is 1.